The first-order valence-electron chi connectivity index (χ1n) is 5.27. The number of anilines is 1. The first-order chi connectivity index (χ1) is 8.51. The molecule has 0 atom stereocenters. The third-order valence-corrected chi connectivity index (χ3v) is 2.57. The van der Waals surface area contributed by atoms with Crippen molar-refractivity contribution in [1.82, 2.24) is 4.98 Å². The zero-order chi connectivity index (χ0) is 13.7. The SMILES string of the molecule is CCOC(=O)Cc1c(N)cnc(CCl)c1C(F)F. The van der Waals surface area contributed by atoms with E-state index in [0.717, 1.165) is 0 Å². The summed E-state index contributed by atoms with van der Waals surface area (Å²) in [5.41, 5.74) is 5.30. The Kier molecular flexibility index (Phi) is 5.27. The summed E-state index contributed by atoms with van der Waals surface area (Å²) in [4.78, 5) is 15.1. The van der Waals surface area contributed by atoms with Crippen LogP contribution in [0, 0.1) is 0 Å². The second-order valence-corrected chi connectivity index (χ2v) is 3.74. The Balaban J connectivity index is 3.18. The summed E-state index contributed by atoms with van der Waals surface area (Å²) < 4.78 is 30.7. The molecule has 100 valence electrons. The van der Waals surface area contributed by atoms with Crippen molar-refractivity contribution in [2.45, 2.75) is 25.7 Å². The molecule has 0 bridgehead atoms. The third-order valence-electron chi connectivity index (χ3n) is 2.32. The zero-order valence-corrected chi connectivity index (χ0v) is 10.5. The number of nitrogens with zero attached hydrogens (tertiary/aromatic N) is 1. The molecule has 0 amide bonds. The maximum atomic E-state index is 13.0. The van der Waals surface area contributed by atoms with E-state index in [1.807, 2.05) is 0 Å². The number of rotatable bonds is 5. The lowest BCUT2D eigenvalue weighted by molar-refractivity contribution is -0.142. The van der Waals surface area contributed by atoms with Crippen LogP contribution >= 0.6 is 11.6 Å². The summed E-state index contributed by atoms with van der Waals surface area (Å²) in [7, 11) is 0. The molecule has 2 N–H and O–H groups in total. The molecule has 1 aromatic rings. The molecule has 4 nitrogen and oxygen atoms in total. The Morgan fingerprint density at radius 1 is 1.61 bits per heavy atom. The summed E-state index contributed by atoms with van der Waals surface area (Å²) in [5.74, 6) is -0.784. The number of pyridine rings is 1. The Morgan fingerprint density at radius 3 is 2.78 bits per heavy atom. The van der Waals surface area contributed by atoms with Gasteiger partial charge in [-0.05, 0) is 12.5 Å². The van der Waals surface area contributed by atoms with Gasteiger partial charge in [0.15, 0.2) is 0 Å². The van der Waals surface area contributed by atoms with Crippen LogP contribution in [0.4, 0.5) is 14.5 Å². The molecule has 1 rings (SSSR count). The van der Waals surface area contributed by atoms with E-state index in [1.54, 1.807) is 6.92 Å². The highest BCUT2D eigenvalue weighted by Gasteiger charge is 2.23. The van der Waals surface area contributed by atoms with Crippen molar-refractivity contribution < 1.29 is 18.3 Å². The molecule has 0 aliphatic rings. The van der Waals surface area contributed by atoms with E-state index in [2.05, 4.69) is 4.98 Å². The first kappa shape index (κ1) is 14.6. The minimum absolute atomic E-state index is 0.0279. The predicted molar refractivity (Wildman–Crippen MR) is 63.5 cm³/mol. The van der Waals surface area contributed by atoms with Gasteiger partial charge in [-0.15, -0.1) is 11.6 Å². The van der Waals surface area contributed by atoms with Gasteiger partial charge in [-0.3, -0.25) is 9.78 Å². The molecule has 0 spiro atoms. The number of hydrogen-bond donors (Lipinski definition) is 1. The van der Waals surface area contributed by atoms with Crippen LogP contribution in [0.15, 0.2) is 6.20 Å². The minimum Gasteiger partial charge on any atom is -0.466 e. The molecule has 0 unspecified atom stereocenters. The molecule has 18 heavy (non-hydrogen) atoms. The van der Waals surface area contributed by atoms with Gasteiger partial charge in [0.25, 0.3) is 6.43 Å². The molecule has 0 aliphatic carbocycles. The summed E-state index contributed by atoms with van der Waals surface area (Å²) in [6, 6.07) is 0. The van der Waals surface area contributed by atoms with Gasteiger partial charge in [-0.2, -0.15) is 0 Å². The number of hydrogen-bond acceptors (Lipinski definition) is 4. The van der Waals surface area contributed by atoms with Gasteiger partial charge in [0, 0.05) is 5.56 Å². The van der Waals surface area contributed by atoms with Crippen molar-refractivity contribution >= 4 is 23.3 Å². The second-order valence-electron chi connectivity index (χ2n) is 3.47. The Hall–Kier alpha value is -1.43. The van der Waals surface area contributed by atoms with Gasteiger partial charge in [-0.1, -0.05) is 0 Å². The first-order valence-corrected chi connectivity index (χ1v) is 5.80. The highest BCUT2D eigenvalue weighted by atomic mass is 35.5. The van der Waals surface area contributed by atoms with Gasteiger partial charge in [-0.25, -0.2) is 8.78 Å². The number of carbonyl (C=O) groups excluding carboxylic acids is 1. The highest BCUT2D eigenvalue weighted by Crippen LogP contribution is 2.30. The van der Waals surface area contributed by atoms with E-state index in [9.17, 15) is 13.6 Å². The van der Waals surface area contributed by atoms with Crippen LogP contribution in [-0.4, -0.2) is 17.6 Å². The van der Waals surface area contributed by atoms with Gasteiger partial charge in [0.05, 0.1) is 36.5 Å². The molecule has 7 heteroatoms. The van der Waals surface area contributed by atoms with E-state index in [1.165, 1.54) is 6.20 Å². The van der Waals surface area contributed by atoms with Gasteiger partial charge in [0.2, 0.25) is 0 Å². The van der Waals surface area contributed by atoms with Crippen LogP contribution in [0.25, 0.3) is 0 Å². The van der Waals surface area contributed by atoms with E-state index in [4.69, 9.17) is 22.1 Å². The lowest BCUT2D eigenvalue weighted by atomic mass is 10.0. The van der Waals surface area contributed by atoms with Crippen LogP contribution in [0.5, 0.6) is 0 Å². The largest absolute Gasteiger partial charge is 0.466 e. The van der Waals surface area contributed by atoms with Crippen LogP contribution < -0.4 is 5.73 Å². The number of nitrogens with two attached hydrogens (primary N) is 1. The van der Waals surface area contributed by atoms with E-state index in [0.29, 0.717) is 0 Å². The number of nitrogen functional groups attached to an aromatic ring is 1. The normalized spacial score (nSPS) is 10.7. The lowest BCUT2D eigenvalue weighted by Crippen LogP contribution is -2.13. The monoisotopic (exact) mass is 278 g/mol. The van der Waals surface area contributed by atoms with Crippen molar-refractivity contribution in [3.63, 3.8) is 0 Å². The maximum Gasteiger partial charge on any atom is 0.310 e. The number of alkyl halides is 3. The van der Waals surface area contributed by atoms with Crippen molar-refractivity contribution in [2.24, 2.45) is 0 Å². The smallest absolute Gasteiger partial charge is 0.310 e. The van der Waals surface area contributed by atoms with Crippen molar-refractivity contribution in [3.8, 4) is 0 Å². The molecule has 1 heterocycles. The number of halogens is 3. The van der Waals surface area contributed by atoms with E-state index in [-0.39, 0.29) is 41.4 Å². The average Bonchev–Trinajstić information content (AvgIpc) is 2.31. The molecular weight excluding hydrogens is 266 g/mol. The summed E-state index contributed by atoms with van der Waals surface area (Å²) in [6.45, 7) is 1.81. The zero-order valence-electron chi connectivity index (χ0n) is 9.75. The number of ether oxygens (including phenoxy) is 1. The summed E-state index contributed by atoms with van der Waals surface area (Å²) in [5, 5.41) is 0. The van der Waals surface area contributed by atoms with E-state index < -0.39 is 12.4 Å². The predicted octanol–water partition coefficient (Wildman–Crippen LogP) is 2.45. The lowest BCUT2D eigenvalue weighted by Gasteiger charge is -2.14. The van der Waals surface area contributed by atoms with Crippen LogP contribution in [0.2, 0.25) is 0 Å². The van der Waals surface area contributed by atoms with Gasteiger partial charge >= 0.3 is 5.97 Å². The molecule has 0 aliphatic heterocycles. The molecule has 0 saturated heterocycles. The quantitative estimate of drug-likeness (QED) is 0.664. The molecule has 1 aromatic heterocycles. The fourth-order valence-corrected chi connectivity index (χ4v) is 1.76. The van der Waals surface area contributed by atoms with Crippen LogP contribution in [0.3, 0.4) is 0 Å². The van der Waals surface area contributed by atoms with Crippen molar-refractivity contribution in [3.05, 3.63) is 23.0 Å². The second kappa shape index (κ2) is 6.49. The highest BCUT2D eigenvalue weighted by molar-refractivity contribution is 6.17. The number of aromatic nitrogens is 1. The standard InChI is InChI=1S/C11H13ClF2N2O2/c1-2-18-9(17)3-6-7(15)5-16-8(4-12)10(6)11(13)14/h5,11H,2-4,15H2,1H3. The number of carbonyl (C=O) groups is 1. The van der Waals surface area contributed by atoms with Crippen LogP contribution in [0.1, 0.15) is 30.2 Å². The Labute approximate surface area is 108 Å². The molecule has 0 fully saturated rings. The van der Waals surface area contributed by atoms with Crippen molar-refractivity contribution in [1.29, 1.82) is 0 Å². The molecule has 0 aromatic carbocycles. The Morgan fingerprint density at radius 2 is 2.28 bits per heavy atom. The fraction of sp³-hybridized carbons (Fsp3) is 0.455. The minimum atomic E-state index is -2.79. The van der Waals surface area contributed by atoms with Crippen molar-refractivity contribution in [2.75, 3.05) is 12.3 Å². The summed E-state index contributed by atoms with van der Waals surface area (Å²) in [6.07, 6.45) is -1.89. The topological polar surface area (TPSA) is 65.2 Å². The number of esters is 1. The molecular formula is C11H13ClF2N2O2. The van der Waals surface area contributed by atoms with Crippen LogP contribution in [-0.2, 0) is 21.8 Å². The third kappa shape index (κ3) is 3.29. The fourth-order valence-electron chi connectivity index (χ4n) is 1.54. The Bertz CT molecular complexity index is 441. The molecule has 0 radical (unpaired) electrons. The van der Waals surface area contributed by atoms with E-state index >= 15 is 0 Å². The van der Waals surface area contributed by atoms with Gasteiger partial charge < -0.3 is 10.5 Å². The average molecular weight is 279 g/mol. The summed E-state index contributed by atoms with van der Waals surface area (Å²) >= 11 is 5.55. The molecule has 0 saturated carbocycles. The van der Waals surface area contributed by atoms with Gasteiger partial charge in [0.1, 0.15) is 0 Å². The maximum absolute atomic E-state index is 13.0.